The van der Waals surface area contributed by atoms with Crippen LogP contribution in [0.1, 0.15) is 34.6 Å². The minimum absolute atomic E-state index is 0.0134. The van der Waals surface area contributed by atoms with Crippen molar-refractivity contribution in [3.05, 3.63) is 0 Å². The van der Waals surface area contributed by atoms with E-state index in [1.807, 2.05) is 6.92 Å². The number of likely N-dealkylation sites (N-methyl/N-ethyl adjacent to an activating group) is 1. The molecule has 0 bridgehead atoms. The van der Waals surface area contributed by atoms with Gasteiger partial charge in [0.2, 0.25) is 0 Å². The van der Waals surface area contributed by atoms with Crippen molar-refractivity contribution in [2.45, 2.75) is 40.2 Å². The zero-order valence-electron chi connectivity index (χ0n) is 13.3. The lowest BCUT2D eigenvalue weighted by molar-refractivity contribution is -0.151. The number of amides is 3. The summed E-state index contributed by atoms with van der Waals surface area (Å²) in [5.74, 6) is -1.21. The van der Waals surface area contributed by atoms with Crippen molar-refractivity contribution in [1.29, 1.82) is 0 Å². The van der Waals surface area contributed by atoms with Gasteiger partial charge in [0.25, 0.3) is 5.91 Å². The monoisotopic (exact) mass is 300 g/mol. The van der Waals surface area contributed by atoms with Crippen molar-refractivity contribution in [2.75, 3.05) is 26.3 Å². The molecule has 0 radical (unpaired) electrons. The first-order chi connectivity index (χ1) is 9.53. The van der Waals surface area contributed by atoms with Gasteiger partial charge in [0.1, 0.15) is 6.54 Å². The predicted molar refractivity (Wildman–Crippen MR) is 75.8 cm³/mol. The van der Waals surface area contributed by atoms with Gasteiger partial charge in [0.05, 0.1) is 24.2 Å². The molecule has 120 valence electrons. The number of urea groups is 1. The highest BCUT2D eigenvalue weighted by molar-refractivity contribution is 6.02. The predicted octanol–water partition coefficient (Wildman–Crippen LogP) is 1.18. The number of carboxylic acid groups (broad SMARTS) is 1. The summed E-state index contributed by atoms with van der Waals surface area (Å²) in [6, 6.07) is -0.325. The van der Waals surface area contributed by atoms with Gasteiger partial charge in [-0.2, -0.15) is 0 Å². The number of aliphatic carboxylic acids is 1. The van der Waals surface area contributed by atoms with Crippen LogP contribution in [0.3, 0.4) is 0 Å². The molecule has 1 heterocycles. The zero-order chi connectivity index (χ0) is 16.4. The molecule has 1 rings (SSSR count). The molecule has 0 aromatic heterocycles. The van der Waals surface area contributed by atoms with Crippen LogP contribution >= 0.6 is 0 Å². The number of hydrogen-bond donors (Lipinski definition) is 1. The first-order valence-corrected chi connectivity index (χ1v) is 6.96. The minimum atomic E-state index is -1.01. The minimum Gasteiger partial charge on any atom is -0.481 e. The molecule has 3 amide bonds. The Kier molecular flexibility index (Phi) is 4.99. The number of nitrogens with zero attached hydrogens (tertiary/aromatic N) is 2. The Bertz CT molecular complexity index is 445. The van der Waals surface area contributed by atoms with Crippen LogP contribution in [-0.2, 0) is 14.3 Å². The number of carboxylic acids is 1. The second-order valence-electron chi connectivity index (χ2n) is 6.52. The lowest BCUT2D eigenvalue weighted by atomic mass is 9.95. The molecule has 1 N–H and O–H groups in total. The van der Waals surface area contributed by atoms with Crippen LogP contribution in [0.15, 0.2) is 0 Å². The van der Waals surface area contributed by atoms with E-state index < -0.39 is 16.9 Å². The van der Waals surface area contributed by atoms with E-state index in [9.17, 15) is 14.4 Å². The number of hydrogen-bond acceptors (Lipinski definition) is 4. The molecule has 0 spiro atoms. The van der Waals surface area contributed by atoms with E-state index in [1.54, 1.807) is 27.7 Å². The molecule has 7 nitrogen and oxygen atoms in total. The van der Waals surface area contributed by atoms with E-state index in [4.69, 9.17) is 9.84 Å². The Labute approximate surface area is 124 Å². The average molecular weight is 300 g/mol. The fraction of sp³-hybridized carbons (Fsp3) is 0.786. The van der Waals surface area contributed by atoms with Gasteiger partial charge in [-0.05, 0) is 34.6 Å². The quantitative estimate of drug-likeness (QED) is 0.713. The molecule has 0 aliphatic carbocycles. The molecule has 7 heteroatoms. The Morgan fingerprint density at radius 2 is 1.81 bits per heavy atom. The van der Waals surface area contributed by atoms with Crippen LogP contribution in [0.25, 0.3) is 0 Å². The van der Waals surface area contributed by atoms with Gasteiger partial charge in [-0.25, -0.2) is 4.79 Å². The van der Waals surface area contributed by atoms with E-state index in [2.05, 4.69) is 0 Å². The summed E-state index contributed by atoms with van der Waals surface area (Å²) in [4.78, 5) is 37.8. The van der Waals surface area contributed by atoms with Crippen LogP contribution in [0, 0.1) is 5.41 Å². The van der Waals surface area contributed by atoms with E-state index in [-0.39, 0.29) is 31.7 Å². The summed E-state index contributed by atoms with van der Waals surface area (Å²) < 4.78 is 5.46. The molecule has 0 saturated carbocycles. The lowest BCUT2D eigenvalue weighted by Gasteiger charge is -2.34. The molecule has 1 aliphatic rings. The summed E-state index contributed by atoms with van der Waals surface area (Å²) >= 11 is 0. The molecule has 1 saturated heterocycles. The highest BCUT2D eigenvalue weighted by Crippen LogP contribution is 2.24. The largest absolute Gasteiger partial charge is 0.481 e. The van der Waals surface area contributed by atoms with Crippen LogP contribution in [0.4, 0.5) is 4.79 Å². The number of imide groups is 1. The van der Waals surface area contributed by atoms with Gasteiger partial charge in [-0.3, -0.25) is 14.5 Å². The maximum Gasteiger partial charge on any atom is 0.327 e. The van der Waals surface area contributed by atoms with E-state index in [0.29, 0.717) is 6.54 Å². The standard InChI is InChI=1S/C14H24N2O5/c1-6-15-7-10(17)16(12(15)20)14(4,5)9-21-8-13(2,3)11(18)19/h6-9H2,1-5H3,(H,18,19). The molecule has 0 aromatic carbocycles. The van der Waals surface area contributed by atoms with Crippen LogP contribution in [-0.4, -0.2) is 64.7 Å². The second-order valence-corrected chi connectivity index (χ2v) is 6.52. The van der Waals surface area contributed by atoms with Gasteiger partial charge in [0.15, 0.2) is 0 Å². The molecule has 1 aliphatic heterocycles. The van der Waals surface area contributed by atoms with Gasteiger partial charge >= 0.3 is 12.0 Å². The number of rotatable bonds is 7. The van der Waals surface area contributed by atoms with Crippen molar-refractivity contribution in [1.82, 2.24) is 9.80 Å². The van der Waals surface area contributed by atoms with Crippen LogP contribution in [0.2, 0.25) is 0 Å². The third-order valence-corrected chi connectivity index (χ3v) is 3.52. The van der Waals surface area contributed by atoms with Crippen LogP contribution < -0.4 is 0 Å². The Morgan fingerprint density at radius 3 is 2.24 bits per heavy atom. The van der Waals surface area contributed by atoms with Crippen molar-refractivity contribution in [3.8, 4) is 0 Å². The summed E-state index contributed by atoms with van der Waals surface area (Å²) in [5.41, 5.74) is -1.82. The van der Waals surface area contributed by atoms with Crippen molar-refractivity contribution >= 4 is 17.9 Å². The Balaban J connectivity index is 2.68. The zero-order valence-corrected chi connectivity index (χ0v) is 13.3. The van der Waals surface area contributed by atoms with Crippen molar-refractivity contribution in [2.24, 2.45) is 5.41 Å². The number of carbonyl (C=O) groups excluding carboxylic acids is 2. The third-order valence-electron chi connectivity index (χ3n) is 3.52. The summed E-state index contributed by atoms with van der Waals surface area (Å²) in [7, 11) is 0. The average Bonchev–Trinajstić information content (AvgIpc) is 2.63. The van der Waals surface area contributed by atoms with E-state index in [1.165, 1.54) is 9.80 Å². The van der Waals surface area contributed by atoms with Gasteiger partial charge < -0.3 is 14.7 Å². The highest BCUT2D eigenvalue weighted by atomic mass is 16.5. The van der Waals surface area contributed by atoms with Gasteiger partial charge in [-0.1, -0.05) is 0 Å². The highest BCUT2D eigenvalue weighted by Gasteiger charge is 2.44. The SMILES string of the molecule is CCN1CC(=O)N(C(C)(C)COCC(C)(C)C(=O)O)C1=O. The van der Waals surface area contributed by atoms with Crippen molar-refractivity contribution in [3.63, 3.8) is 0 Å². The van der Waals surface area contributed by atoms with Crippen LogP contribution in [0.5, 0.6) is 0 Å². The summed E-state index contributed by atoms with van der Waals surface area (Å²) in [5, 5.41) is 9.03. The Hall–Kier alpha value is -1.63. The fourth-order valence-electron chi connectivity index (χ4n) is 2.08. The van der Waals surface area contributed by atoms with E-state index in [0.717, 1.165) is 0 Å². The molecule has 0 aromatic rings. The number of ether oxygens (including phenoxy) is 1. The summed E-state index contributed by atoms with van der Waals surface area (Å²) in [6.07, 6.45) is 0. The number of carbonyl (C=O) groups is 3. The smallest absolute Gasteiger partial charge is 0.327 e. The molecular weight excluding hydrogens is 276 g/mol. The lowest BCUT2D eigenvalue weighted by Crippen LogP contribution is -2.51. The molecule has 21 heavy (non-hydrogen) atoms. The second kappa shape index (κ2) is 6.01. The van der Waals surface area contributed by atoms with Crippen molar-refractivity contribution < 1.29 is 24.2 Å². The van der Waals surface area contributed by atoms with Gasteiger partial charge in [0, 0.05) is 6.54 Å². The molecular formula is C14H24N2O5. The molecule has 0 atom stereocenters. The van der Waals surface area contributed by atoms with E-state index >= 15 is 0 Å². The molecule has 1 fully saturated rings. The first kappa shape index (κ1) is 17.4. The summed E-state index contributed by atoms with van der Waals surface area (Å²) in [6.45, 7) is 9.07. The Morgan fingerprint density at radius 1 is 1.24 bits per heavy atom. The third kappa shape index (κ3) is 3.72. The first-order valence-electron chi connectivity index (χ1n) is 6.96. The molecule has 0 unspecified atom stereocenters. The maximum atomic E-state index is 12.1. The fourth-order valence-corrected chi connectivity index (χ4v) is 2.08. The van der Waals surface area contributed by atoms with Gasteiger partial charge in [-0.15, -0.1) is 0 Å². The topological polar surface area (TPSA) is 87.2 Å². The normalized spacial score (nSPS) is 16.8. The maximum absolute atomic E-state index is 12.1.